The zero-order valence-electron chi connectivity index (χ0n) is 20.2. The first-order valence-electron chi connectivity index (χ1n) is 11.5. The van der Waals surface area contributed by atoms with Crippen molar-refractivity contribution >= 4 is 23.3 Å². The first kappa shape index (κ1) is 27.2. The summed E-state index contributed by atoms with van der Waals surface area (Å²) in [5.74, 6) is -4.70. The van der Waals surface area contributed by atoms with Crippen LogP contribution in [0.1, 0.15) is 38.4 Å². The molecule has 0 bridgehead atoms. The fourth-order valence-corrected chi connectivity index (χ4v) is 4.36. The summed E-state index contributed by atoms with van der Waals surface area (Å²) in [4.78, 5) is 40.4. The molecule has 0 spiro atoms. The summed E-state index contributed by atoms with van der Waals surface area (Å²) in [6.07, 6.45) is 0.729. The highest BCUT2D eigenvalue weighted by molar-refractivity contribution is 6.30. The van der Waals surface area contributed by atoms with E-state index in [1.54, 1.807) is 0 Å². The number of aryl methyl sites for hydroxylation is 1. The van der Waals surface area contributed by atoms with Crippen molar-refractivity contribution in [3.63, 3.8) is 0 Å². The summed E-state index contributed by atoms with van der Waals surface area (Å²) in [5.41, 5.74) is -1.66. The van der Waals surface area contributed by atoms with Gasteiger partial charge in [-0.1, -0.05) is 29.8 Å². The molecule has 1 N–H and O–H groups in total. The predicted molar refractivity (Wildman–Crippen MR) is 132 cm³/mol. The first-order valence-corrected chi connectivity index (χ1v) is 11.9. The minimum absolute atomic E-state index is 0.0854. The van der Waals surface area contributed by atoms with Gasteiger partial charge in [0.15, 0.2) is 17.2 Å². The number of carbonyl (C=O) groups excluding carboxylic acids is 2. The molecule has 1 aliphatic heterocycles. The van der Waals surface area contributed by atoms with Crippen LogP contribution in [0.3, 0.4) is 0 Å². The Morgan fingerprint density at radius 3 is 2.61 bits per heavy atom. The third kappa shape index (κ3) is 5.39. The van der Waals surface area contributed by atoms with Crippen molar-refractivity contribution < 1.29 is 32.6 Å². The second kappa shape index (κ2) is 11.3. The summed E-state index contributed by atoms with van der Waals surface area (Å²) >= 11 is 5.86. The van der Waals surface area contributed by atoms with Crippen molar-refractivity contribution in [2.75, 3.05) is 31.9 Å². The number of fused-ring (bicyclic) bond motifs is 1. The van der Waals surface area contributed by atoms with E-state index in [0.717, 1.165) is 12.3 Å². The molecule has 38 heavy (non-hydrogen) atoms. The van der Waals surface area contributed by atoms with E-state index in [2.05, 4.69) is 0 Å². The Balaban J connectivity index is 1.67. The predicted octanol–water partition coefficient (Wildman–Crippen LogP) is 3.64. The van der Waals surface area contributed by atoms with Gasteiger partial charge in [-0.05, 0) is 24.1 Å². The molecule has 1 aromatic heterocycles. The lowest BCUT2D eigenvalue weighted by Crippen LogP contribution is -2.55. The minimum Gasteiger partial charge on any atom is -0.502 e. The lowest BCUT2D eigenvalue weighted by atomic mass is 10.0. The Morgan fingerprint density at radius 1 is 1.13 bits per heavy atom. The summed E-state index contributed by atoms with van der Waals surface area (Å²) in [5, 5.41) is 12.2. The van der Waals surface area contributed by atoms with Crippen molar-refractivity contribution in [1.82, 2.24) is 9.58 Å². The van der Waals surface area contributed by atoms with Gasteiger partial charge in [-0.3, -0.25) is 24.1 Å². The number of halogens is 4. The van der Waals surface area contributed by atoms with E-state index in [0.29, 0.717) is 6.07 Å². The molecule has 3 aromatic rings. The van der Waals surface area contributed by atoms with Gasteiger partial charge < -0.3 is 14.7 Å². The van der Waals surface area contributed by atoms with E-state index in [9.17, 15) is 32.7 Å². The number of rotatable bonds is 9. The van der Waals surface area contributed by atoms with Gasteiger partial charge in [0.25, 0.3) is 5.91 Å². The van der Waals surface area contributed by atoms with Crippen molar-refractivity contribution in [2.45, 2.75) is 19.4 Å². The number of hydrogen-bond acceptors (Lipinski definition) is 6. The number of amides is 1. The number of Topliss-reactive ketones (excluding diaryl/α,β-unsaturated/α-hetero) is 1. The topological polar surface area (TPSA) is 92.1 Å². The van der Waals surface area contributed by atoms with Crippen LogP contribution < -0.4 is 10.4 Å². The van der Waals surface area contributed by atoms with Crippen molar-refractivity contribution in [3.05, 3.63) is 97.7 Å². The third-order valence-electron chi connectivity index (χ3n) is 6.18. The fraction of sp³-hybridized carbons (Fsp3) is 0.269. The number of aromatic nitrogens is 1. The van der Waals surface area contributed by atoms with E-state index in [4.69, 9.17) is 16.3 Å². The smallest absolute Gasteiger partial charge is 0.278 e. The molecule has 2 aromatic carbocycles. The quantitative estimate of drug-likeness (QED) is 0.410. The van der Waals surface area contributed by atoms with Crippen molar-refractivity contribution in [2.24, 2.45) is 0 Å². The molecule has 0 aliphatic carbocycles. The van der Waals surface area contributed by atoms with Gasteiger partial charge in [0.05, 0.1) is 30.3 Å². The van der Waals surface area contributed by atoms with Crippen LogP contribution in [-0.2, 0) is 17.7 Å². The van der Waals surface area contributed by atoms with Gasteiger partial charge in [0.1, 0.15) is 24.1 Å². The van der Waals surface area contributed by atoms with Crippen molar-refractivity contribution in [3.8, 4) is 5.75 Å². The van der Waals surface area contributed by atoms with Gasteiger partial charge in [-0.25, -0.2) is 13.2 Å². The van der Waals surface area contributed by atoms with Crippen molar-refractivity contribution in [1.29, 1.82) is 0 Å². The molecule has 0 unspecified atom stereocenters. The molecule has 12 heteroatoms. The average molecular weight is 550 g/mol. The molecule has 200 valence electrons. The highest BCUT2D eigenvalue weighted by atomic mass is 35.5. The highest BCUT2D eigenvalue weighted by Crippen LogP contribution is 2.25. The van der Waals surface area contributed by atoms with Crippen LogP contribution in [0.25, 0.3) is 0 Å². The zero-order valence-corrected chi connectivity index (χ0v) is 21.0. The summed E-state index contributed by atoms with van der Waals surface area (Å²) < 4.78 is 48.0. The molecule has 0 saturated heterocycles. The Labute approximate surface area is 220 Å². The molecule has 4 rings (SSSR count). The SMILES string of the molecule is COCCN1CN(Cc2cccc(Cl)c2F)C(=O)c2c(O)c(=O)c(C(=O)CCc3ccc(F)cc3F)cn21. The standard InChI is InChI=1S/C26H23ClF3N3O5/c1-38-10-9-32-14-31(12-16-3-2-4-19(27)22(16)30)26(37)23-25(36)24(35)18(13-33(23)32)21(34)8-6-15-5-7-17(28)11-20(15)29/h2-5,7,11,13,36H,6,8-10,12,14H2,1H3. The molecular weight excluding hydrogens is 527 g/mol. The molecule has 2 heterocycles. The van der Waals surface area contributed by atoms with E-state index in [-0.39, 0.29) is 55.4 Å². The van der Waals surface area contributed by atoms with Crippen LogP contribution in [0, 0.1) is 17.5 Å². The van der Waals surface area contributed by atoms with E-state index in [1.807, 2.05) is 0 Å². The molecule has 1 amide bonds. The third-order valence-corrected chi connectivity index (χ3v) is 6.47. The number of nitrogens with zero attached hydrogens (tertiary/aromatic N) is 3. The van der Waals surface area contributed by atoms with Gasteiger partial charge in [-0.2, -0.15) is 0 Å². The molecule has 1 aliphatic rings. The van der Waals surface area contributed by atoms with Crippen LogP contribution >= 0.6 is 11.6 Å². The number of ketones is 1. The second-order valence-corrected chi connectivity index (χ2v) is 9.06. The van der Waals surface area contributed by atoms with Crippen LogP contribution in [0.4, 0.5) is 13.2 Å². The first-order chi connectivity index (χ1) is 18.1. The number of carbonyl (C=O) groups is 2. The lowest BCUT2D eigenvalue weighted by Gasteiger charge is -2.39. The van der Waals surface area contributed by atoms with Crippen LogP contribution in [-0.4, -0.2) is 53.3 Å². The van der Waals surface area contributed by atoms with Gasteiger partial charge >= 0.3 is 0 Å². The number of methoxy groups -OCH3 is 1. The zero-order chi connectivity index (χ0) is 27.6. The van der Waals surface area contributed by atoms with E-state index >= 15 is 0 Å². The summed E-state index contributed by atoms with van der Waals surface area (Å²) in [6.45, 7) is 0.0825. The Bertz CT molecular complexity index is 1460. The maximum atomic E-state index is 14.5. The molecular formula is C26H23ClF3N3O5. The summed E-state index contributed by atoms with van der Waals surface area (Å²) in [7, 11) is 1.46. The molecule has 0 atom stereocenters. The number of ether oxygens (including phenoxy) is 1. The van der Waals surface area contributed by atoms with Crippen LogP contribution in [0.5, 0.6) is 5.75 Å². The minimum atomic E-state index is -1.07. The maximum absolute atomic E-state index is 14.5. The van der Waals surface area contributed by atoms with Gasteiger partial charge in [0, 0.05) is 31.4 Å². The van der Waals surface area contributed by atoms with Gasteiger partial charge in [0.2, 0.25) is 5.43 Å². The number of pyridine rings is 1. The Hall–Kier alpha value is -3.83. The van der Waals surface area contributed by atoms with Crippen LogP contribution in [0.15, 0.2) is 47.4 Å². The number of hydrogen-bond donors (Lipinski definition) is 1. The summed E-state index contributed by atoms with van der Waals surface area (Å²) in [6, 6.07) is 7.32. The van der Waals surface area contributed by atoms with E-state index in [1.165, 1.54) is 46.0 Å². The monoisotopic (exact) mass is 549 g/mol. The maximum Gasteiger partial charge on any atom is 0.278 e. The highest BCUT2D eigenvalue weighted by Gasteiger charge is 2.34. The number of benzene rings is 2. The molecule has 0 radical (unpaired) electrons. The lowest BCUT2D eigenvalue weighted by molar-refractivity contribution is 0.0660. The van der Waals surface area contributed by atoms with Crippen LogP contribution in [0.2, 0.25) is 5.02 Å². The normalized spacial score (nSPS) is 13.1. The molecule has 0 fully saturated rings. The van der Waals surface area contributed by atoms with E-state index < -0.39 is 51.6 Å². The Kier molecular flexibility index (Phi) is 8.08. The Morgan fingerprint density at radius 2 is 1.89 bits per heavy atom. The average Bonchev–Trinajstić information content (AvgIpc) is 2.88. The second-order valence-electron chi connectivity index (χ2n) is 8.65. The largest absolute Gasteiger partial charge is 0.502 e. The molecule has 8 nitrogen and oxygen atoms in total. The molecule has 0 saturated carbocycles. The fourth-order valence-electron chi connectivity index (χ4n) is 4.17. The number of aromatic hydroxyl groups is 1. The van der Waals surface area contributed by atoms with Gasteiger partial charge in [-0.15, -0.1) is 0 Å².